The Morgan fingerprint density at radius 3 is 2.47 bits per heavy atom. The lowest BCUT2D eigenvalue weighted by Gasteiger charge is -2.20. The van der Waals surface area contributed by atoms with Crippen molar-refractivity contribution in [2.75, 3.05) is 19.0 Å². The van der Waals surface area contributed by atoms with Gasteiger partial charge < -0.3 is 15.2 Å². The van der Waals surface area contributed by atoms with E-state index >= 15 is 0 Å². The maximum atomic E-state index is 9.59. The zero-order valence-corrected chi connectivity index (χ0v) is 12.2. The molecule has 0 aliphatic rings. The molecule has 2 N–H and O–H groups in total. The Hall–Kier alpha value is -1.52. The fraction of sp³-hybridized carbons (Fsp3) is 0.200. The summed E-state index contributed by atoms with van der Waals surface area (Å²) in [5.74, 6) is 0.770. The lowest BCUT2D eigenvalue weighted by molar-refractivity contribution is 0.273. The van der Waals surface area contributed by atoms with Crippen LogP contribution in [0.4, 0.5) is 5.69 Å². The Labute approximate surface area is 121 Å². The first-order valence-corrected chi connectivity index (χ1v) is 6.79. The molecule has 1 unspecified atom stereocenters. The second-order valence-corrected chi connectivity index (χ2v) is 5.04. The van der Waals surface area contributed by atoms with Crippen molar-refractivity contribution < 1.29 is 9.84 Å². The smallest absolute Gasteiger partial charge is 0.124 e. The van der Waals surface area contributed by atoms with Crippen LogP contribution >= 0.6 is 15.9 Å². The van der Waals surface area contributed by atoms with Crippen molar-refractivity contribution >= 4 is 21.6 Å². The number of para-hydroxylation sites is 1. The first kappa shape index (κ1) is 13.9. The van der Waals surface area contributed by atoms with Crippen molar-refractivity contribution in [1.82, 2.24) is 0 Å². The summed E-state index contributed by atoms with van der Waals surface area (Å²) in [6, 6.07) is 15.3. The van der Waals surface area contributed by atoms with E-state index in [2.05, 4.69) is 21.2 Å². The third kappa shape index (κ3) is 3.49. The normalized spacial score (nSPS) is 11.9. The minimum Gasteiger partial charge on any atom is -0.496 e. The van der Waals surface area contributed by atoms with Gasteiger partial charge in [-0.2, -0.15) is 0 Å². The molecule has 2 aromatic rings. The average molecular weight is 322 g/mol. The summed E-state index contributed by atoms with van der Waals surface area (Å²) in [4.78, 5) is 0. The maximum Gasteiger partial charge on any atom is 0.124 e. The largest absolute Gasteiger partial charge is 0.496 e. The van der Waals surface area contributed by atoms with Gasteiger partial charge in [0.15, 0.2) is 0 Å². The van der Waals surface area contributed by atoms with Gasteiger partial charge in [-0.15, -0.1) is 0 Å². The second kappa shape index (κ2) is 6.59. The van der Waals surface area contributed by atoms with E-state index < -0.39 is 0 Å². The molecule has 0 aromatic heterocycles. The van der Waals surface area contributed by atoms with Gasteiger partial charge in [-0.3, -0.25) is 0 Å². The van der Waals surface area contributed by atoms with Crippen molar-refractivity contribution in [3.05, 3.63) is 58.6 Å². The summed E-state index contributed by atoms with van der Waals surface area (Å²) in [5.41, 5.74) is 1.89. The van der Waals surface area contributed by atoms with Crippen LogP contribution in [0, 0.1) is 0 Å². The number of hydrogen-bond acceptors (Lipinski definition) is 3. The van der Waals surface area contributed by atoms with Gasteiger partial charge in [-0.25, -0.2) is 0 Å². The standard InChI is InChI=1S/C15H16BrNO2/c1-19-15-5-3-2-4-13(15)14(10-18)17-12-8-6-11(16)7-9-12/h2-9,14,17-18H,10H2,1H3. The molecule has 0 bridgehead atoms. The second-order valence-electron chi connectivity index (χ2n) is 4.13. The van der Waals surface area contributed by atoms with E-state index in [1.807, 2.05) is 48.5 Å². The summed E-state index contributed by atoms with van der Waals surface area (Å²) < 4.78 is 6.35. The van der Waals surface area contributed by atoms with Gasteiger partial charge in [-0.1, -0.05) is 34.1 Å². The predicted molar refractivity (Wildman–Crippen MR) is 80.6 cm³/mol. The van der Waals surface area contributed by atoms with Crippen LogP contribution < -0.4 is 10.1 Å². The molecule has 4 heteroatoms. The number of aliphatic hydroxyl groups excluding tert-OH is 1. The molecule has 0 amide bonds. The minimum absolute atomic E-state index is 0.00353. The van der Waals surface area contributed by atoms with Gasteiger partial charge in [0.05, 0.1) is 19.8 Å². The van der Waals surface area contributed by atoms with E-state index in [9.17, 15) is 5.11 Å². The molecule has 2 aromatic carbocycles. The Bertz CT molecular complexity index is 528. The number of benzene rings is 2. The highest BCUT2D eigenvalue weighted by Gasteiger charge is 2.14. The van der Waals surface area contributed by atoms with Crippen LogP contribution in [0.1, 0.15) is 11.6 Å². The van der Waals surface area contributed by atoms with Crippen LogP contribution in [0.15, 0.2) is 53.0 Å². The van der Waals surface area contributed by atoms with Gasteiger partial charge in [0, 0.05) is 15.7 Å². The average Bonchev–Trinajstić information content (AvgIpc) is 2.46. The van der Waals surface area contributed by atoms with E-state index in [0.717, 1.165) is 21.5 Å². The number of methoxy groups -OCH3 is 1. The molecule has 1 atom stereocenters. The number of rotatable bonds is 5. The number of nitrogens with one attached hydrogen (secondary N) is 1. The van der Waals surface area contributed by atoms with Crippen molar-refractivity contribution in [3.8, 4) is 5.75 Å². The maximum absolute atomic E-state index is 9.59. The van der Waals surface area contributed by atoms with Gasteiger partial charge in [0.25, 0.3) is 0 Å². The van der Waals surface area contributed by atoms with E-state index in [0.29, 0.717) is 0 Å². The minimum atomic E-state index is -0.197. The monoisotopic (exact) mass is 321 g/mol. The van der Waals surface area contributed by atoms with Crippen LogP contribution in [0.25, 0.3) is 0 Å². The third-order valence-electron chi connectivity index (χ3n) is 2.88. The fourth-order valence-corrected chi connectivity index (χ4v) is 2.19. The number of aliphatic hydroxyl groups is 1. The molecule has 0 radical (unpaired) electrons. The molecular formula is C15H16BrNO2. The van der Waals surface area contributed by atoms with Gasteiger partial charge >= 0.3 is 0 Å². The Morgan fingerprint density at radius 1 is 1.16 bits per heavy atom. The highest BCUT2D eigenvalue weighted by atomic mass is 79.9. The molecule has 0 saturated heterocycles. The fourth-order valence-electron chi connectivity index (χ4n) is 1.92. The van der Waals surface area contributed by atoms with Crippen LogP contribution in [-0.4, -0.2) is 18.8 Å². The quantitative estimate of drug-likeness (QED) is 0.884. The van der Waals surface area contributed by atoms with Crippen molar-refractivity contribution in [2.24, 2.45) is 0 Å². The number of halogens is 1. The molecular weight excluding hydrogens is 306 g/mol. The molecule has 0 aliphatic heterocycles. The molecule has 0 saturated carbocycles. The van der Waals surface area contributed by atoms with Gasteiger partial charge in [0.1, 0.15) is 5.75 Å². The zero-order valence-electron chi connectivity index (χ0n) is 10.6. The first-order chi connectivity index (χ1) is 9.24. The van der Waals surface area contributed by atoms with Gasteiger partial charge in [-0.05, 0) is 30.3 Å². The predicted octanol–water partition coefficient (Wildman–Crippen LogP) is 3.60. The summed E-state index contributed by atoms with van der Waals surface area (Å²) in [7, 11) is 1.63. The Morgan fingerprint density at radius 2 is 1.84 bits per heavy atom. The zero-order chi connectivity index (χ0) is 13.7. The van der Waals surface area contributed by atoms with Crippen molar-refractivity contribution in [3.63, 3.8) is 0 Å². The summed E-state index contributed by atoms with van der Waals surface area (Å²) in [5, 5.41) is 12.9. The Kier molecular flexibility index (Phi) is 4.82. The van der Waals surface area contributed by atoms with Crippen molar-refractivity contribution in [1.29, 1.82) is 0 Å². The Balaban J connectivity index is 2.22. The van der Waals surface area contributed by atoms with E-state index in [1.54, 1.807) is 7.11 Å². The van der Waals surface area contributed by atoms with Crippen LogP contribution in [-0.2, 0) is 0 Å². The lowest BCUT2D eigenvalue weighted by Crippen LogP contribution is -2.15. The third-order valence-corrected chi connectivity index (χ3v) is 3.41. The molecule has 0 aliphatic carbocycles. The summed E-state index contributed by atoms with van der Waals surface area (Å²) in [6.45, 7) is -0.00353. The molecule has 0 spiro atoms. The first-order valence-electron chi connectivity index (χ1n) is 6.00. The summed E-state index contributed by atoms with van der Waals surface area (Å²) >= 11 is 3.40. The van der Waals surface area contributed by atoms with Crippen molar-refractivity contribution in [2.45, 2.75) is 6.04 Å². The lowest BCUT2D eigenvalue weighted by atomic mass is 10.1. The number of hydrogen-bond donors (Lipinski definition) is 2. The highest BCUT2D eigenvalue weighted by molar-refractivity contribution is 9.10. The van der Waals surface area contributed by atoms with Crippen LogP contribution in [0.3, 0.4) is 0 Å². The topological polar surface area (TPSA) is 41.5 Å². The van der Waals surface area contributed by atoms with E-state index in [-0.39, 0.29) is 12.6 Å². The molecule has 100 valence electrons. The number of ether oxygens (including phenoxy) is 1. The van der Waals surface area contributed by atoms with E-state index in [4.69, 9.17) is 4.74 Å². The highest BCUT2D eigenvalue weighted by Crippen LogP contribution is 2.27. The molecule has 3 nitrogen and oxygen atoms in total. The molecule has 0 heterocycles. The molecule has 0 fully saturated rings. The summed E-state index contributed by atoms with van der Waals surface area (Å²) in [6.07, 6.45) is 0. The van der Waals surface area contributed by atoms with E-state index in [1.165, 1.54) is 0 Å². The molecule has 19 heavy (non-hydrogen) atoms. The SMILES string of the molecule is COc1ccccc1C(CO)Nc1ccc(Br)cc1. The van der Waals surface area contributed by atoms with Gasteiger partial charge in [0.2, 0.25) is 0 Å². The van der Waals surface area contributed by atoms with Crippen LogP contribution in [0.5, 0.6) is 5.75 Å². The number of anilines is 1. The van der Waals surface area contributed by atoms with Crippen LogP contribution in [0.2, 0.25) is 0 Å². The molecule has 2 rings (SSSR count).